The molecule has 0 bridgehead atoms. The number of ketones is 1. The molecule has 16 heavy (non-hydrogen) atoms. The lowest BCUT2D eigenvalue weighted by atomic mass is 9.84. The van der Waals surface area contributed by atoms with Gasteiger partial charge in [-0.05, 0) is 25.2 Å². The van der Waals surface area contributed by atoms with Gasteiger partial charge in [0.15, 0.2) is 5.78 Å². The molecule has 0 aliphatic carbocycles. The van der Waals surface area contributed by atoms with E-state index in [-0.39, 0.29) is 5.41 Å². The molecule has 1 aliphatic rings. The maximum atomic E-state index is 12.1. The van der Waals surface area contributed by atoms with Crippen LogP contribution in [0.5, 0.6) is 0 Å². The van der Waals surface area contributed by atoms with Crippen molar-refractivity contribution in [2.75, 3.05) is 13.1 Å². The van der Waals surface area contributed by atoms with Gasteiger partial charge in [0.2, 0.25) is 0 Å². The second kappa shape index (κ2) is 4.87. The monoisotopic (exact) mass is 225 g/mol. The van der Waals surface area contributed by atoms with E-state index in [1.54, 1.807) is 0 Å². The van der Waals surface area contributed by atoms with Crippen LogP contribution >= 0.6 is 0 Å². The average molecular weight is 225 g/mol. The van der Waals surface area contributed by atoms with E-state index in [9.17, 15) is 4.79 Å². The molecule has 1 aliphatic heterocycles. The fraction of sp³-hybridized carbons (Fsp3) is 0.929. The van der Waals surface area contributed by atoms with Gasteiger partial charge in [-0.3, -0.25) is 9.69 Å². The average Bonchev–Trinajstić information content (AvgIpc) is 2.11. The molecule has 94 valence electrons. The highest BCUT2D eigenvalue weighted by Crippen LogP contribution is 2.27. The lowest BCUT2D eigenvalue weighted by molar-refractivity contribution is -0.129. The first-order valence-electron chi connectivity index (χ1n) is 6.49. The summed E-state index contributed by atoms with van der Waals surface area (Å²) < 4.78 is 0. The molecular formula is C14H27NO. The summed E-state index contributed by atoms with van der Waals surface area (Å²) in [4.78, 5) is 14.4. The Hall–Kier alpha value is -0.370. The van der Waals surface area contributed by atoms with Gasteiger partial charge in [0.05, 0.1) is 6.54 Å². The van der Waals surface area contributed by atoms with Gasteiger partial charge in [0.25, 0.3) is 0 Å². The van der Waals surface area contributed by atoms with Crippen LogP contribution in [0.2, 0.25) is 0 Å². The van der Waals surface area contributed by atoms with Gasteiger partial charge in [0, 0.05) is 18.0 Å². The van der Waals surface area contributed by atoms with E-state index in [4.69, 9.17) is 0 Å². The summed E-state index contributed by atoms with van der Waals surface area (Å²) in [5, 5.41) is 0. The number of hydrogen-bond donors (Lipinski definition) is 0. The van der Waals surface area contributed by atoms with Gasteiger partial charge in [-0.2, -0.15) is 0 Å². The minimum absolute atomic E-state index is 0.205. The van der Waals surface area contributed by atoms with Crippen molar-refractivity contribution in [1.82, 2.24) is 4.90 Å². The molecule has 0 aromatic heterocycles. The highest BCUT2D eigenvalue weighted by molar-refractivity contribution is 5.85. The zero-order valence-corrected chi connectivity index (χ0v) is 11.7. The summed E-state index contributed by atoms with van der Waals surface area (Å²) in [7, 11) is 0. The molecule has 2 nitrogen and oxygen atoms in total. The summed E-state index contributed by atoms with van der Waals surface area (Å²) >= 11 is 0. The Bertz CT molecular complexity index is 254. The predicted molar refractivity (Wildman–Crippen MR) is 68.4 cm³/mol. The first-order chi connectivity index (χ1) is 7.21. The zero-order valence-electron chi connectivity index (χ0n) is 11.7. The first-order valence-corrected chi connectivity index (χ1v) is 6.49. The molecule has 1 fully saturated rings. The van der Waals surface area contributed by atoms with E-state index in [0.29, 0.717) is 24.3 Å². The quantitative estimate of drug-likeness (QED) is 0.720. The third kappa shape index (κ3) is 3.31. The van der Waals surface area contributed by atoms with Crippen LogP contribution in [0.3, 0.4) is 0 Å². The molecule has 2 heteroatoms. The molecule has 3 atom stereocenters. The normalized spacial score (nSPS) is 32.8. The van der Waals surface area contributed by atoms with Gasteiger partial charge >= 0.3 is 0 Å². The van der Waals surface area contributed by atoms with Crippen LogP contribution in [0.1, 0.15) is 48.0 Å². The van der Waals surface area contributed by atoms with Gasteiger partial charge in [0.1, 0.15) is 0 Å². The second-order valence-corrected chi connectivity index (χ2v) is 6.66. The van der Waals surface area contributed by atoms with Crippen LogP contribution in [-0.4, -0.2) is 29.8 Å². The largest absolute Gasteiger partial charge is 0.298 e. The Morgan fingerprint density at radius 1 is 1.25 bits per heavy atom. The van der Waals surface area contributed by atoms with Crippen molar-refractivity contribution in [3.63, 3.8) is 0 Å². The molecule has 0 aromatic rings. The predicted octanol–water partition coefficient (Wildman–Crippen LogP) is 2.97. The SMILES string of the molecule is CC1CC(C)C(C)N(CC(=O)C(C)(C)C)C1. The van der Waals surface area contributed by atoms with E-state index in [2.05, 4.69) is 25.7 Å². The number of carbonyl (C=O) groups excluding carboxylic acids is 1. The highest BCUT2D eigenvalue weighted by atomic mass is 16.1. The number of carbonyl (C=O) groups is 1. The Labute approximate surface area is 100 Å². The topological polar surface area (TPSA) is 20.3 Å². The Morgan fingerprint density at radius 2 is 1.81 bits per heavy atom. The Kier molecular flexibility index (Phi) is 4.17. The van der Waals surface area contributed by atoms with Crippen molar-refractivity contribution >= 4 is 5.78 Å². The second-order valence-electron chi connectivity index (χ2n) is 6.66. The molecule has 0 radical (unpaired) electrons. The van der Waals surface area contributed by atoms with Gasteiger partial charge < -0.3 is 0 Å². The van der Waals surface area contributed by atoms with Crippen molar-refractivity contribution in [3.05, 3.63) is 0 Å². The molecule has 1 heterocycles. The van der Waals surface area contributed by atoms with Gasteiger partial charge in [-0.1, -0.05) is 34.6 Å². The number of piperidine rings is 1. The fourth-order valence-electron chi connectivity index (χ4n) is 2.46. The van der Waals surface area contributed by atoms with Crippen molar-refractivity contribution in [2.24, 2.45) is 17.3 Å². The molecule has 1 saturated heterocycles. The minimum atomic E-state index is -0.205. The number of Topliss-reactive ketones (excluding diaryl/α,β-unsaturated/α-hetero) is 1. The molecule has 3 unspecified atom stereocenters. The zero-order chi connectivity index (χ0) is 12.5. The maximum absolute atomic E-state index is 12.1. The summed E-state index contributed by atoms with van der Waals surface area (Å²) in [6, 6.07) is 0.544. The van der Waals surface area contributed by atoms with Crippen molar-refractivity contribution in [1.29, 1.82) is 0 Å². The van der Waals surface area contributed by atoms with Gasteiger partial charge in [-0.25, -0.2) is 0 Å². The van der Waals surface area contributed by atoms with Crippen LogP contribution in [0.25, 0.3) is 0 Å². The number of hydrogen-bond acceptors (Lipinski definition) is 2. The number of nitrogens with zero attached hydrogens (tertiary/aromatic N) is 1. The minimum Gasteiger partial charge on any atom is -0.298 e. The molecule has 1 rings (SSSR count). The molecule has 0 aromatic carbocycles. The van der Waals surface area contributed by atoms with Crippen LogP contribution in [0.15, 0.2) is 0 Å². The summed E-state index contributed by atoms with van der Waals surface area (Å²) in [6.45, 7) is 14.6. The van der Waals surface area contributed by atoms with E-state index < -0.39 is 0 Å². The summed E-state index contributed by atoms with van der Waals surface area (Å²) in [5.41, 5.74) is -0.205. The number of likely N-dealkylation sites (tertiary alicyclic amines) is 1. The van der Waals surface area contributed by atoms with Crippen LogP contribution in [-0.2, 0) is 4.79 Å². The van der Waals surface area contributed by atoms with E-state index in [0.717, 1.165) is 12.5 Å². The van der Waals surface area contributed by atoms with E-state index >= 15 is 0 Å². The molecule has 0 amide bonds. The molecule has 0 N–H and O–H groups in total. The Balaban J connectivity index is 2.62. The fourth-order valence-corrected chi connectivity index (χ4v) is 2.46. The number of rotatable bonds is 2. The Morgan fingerprint density at radius 3 is 2.31 bits per heavy atom. The lowest BCUT2D eigenvalue weighted by Crippen LogP contribution is -2.49. The third-order valence-electron chi connectivity index (χ3n) is 3.90. The molecular weight excluding hydrogens is 198 g/mol. The van der Waals surface area contributed by atoms with Crippen LogP contribution < -0.4 is 0 Å². The standard InChI is InChI=1S/C14H27NO/c1-10-7-11(2)12(3)15(8-10)9-13(16)14(4,5)6/h10-12H,7-9H2,1-6H3. The third-order valence-corrected chi connectivity index (χ3v) is 3.90. The summed E-state index contributed by atoms with van der Waals surface area (Å²) in [6.07, 6.45) is 1.29. The maximum Gasteiger partial charge on any atom is 0.152 e. The lowest BCUT2D eigenvalue weighted by Gasteiger charge is -2.41. The van der Waals surface area contributed by atoms with Crippen molar-refractivity contribution in [3.8, 4) is 0 Å². The van der Waals surface area contributed by atoms with Crippen molar-refractivity contribution in [2.45, 2.75) is 54.0 Å². The molecule has 0 saturated carbocycles. The van der Waals surface area contributed by atoms with Crippen LogP contribution in [0.4, 0.5) is 0 Å². The summed E-state index contributed by atoms with van der Waals surface area (Å²) in [5.74, 6) is 1.79. The highest BCUT2D eigenvalue weighted by Gasteiger charge is 2.32. The van der Waals surface area contributed by atoms with E-state index in [1.165, 1.54) is 6.42 Å². The van der Waals surface area contributed by atoms with Crippen LogP contribution in [0, 0.1) is 17.3 Å². The van der Waals surface area contributed by atoms with Crippen molar-refractivity contribution < 1.29 is 4.79 Å². The van der Waals surface area contributed by atoms with E-state index in [1.807, 2.05) is 20.8 Å². The van der Waals surface area contributed by atoms with Gasteiger partial charge in [-0.15, -0.1) is 0 Å². The smallest absolute Gasteiger partial charge is 0.152 e. The molecule has 0 spiro atoms. The first kappa shape index (κ1) is 13.7.